The first-order valence-corrected chi connectivity index (χ1v) is 7.22. The molecule has 0 bridgehead atoms. The fourth-order valence-electron chi connectivity index (χ4n) is 1.51. The molecule has 0 aliphatic heterocycles. The lowest BCUT2D eigenvalue weighted by Crippen LogP contribution is -2.71. The van der Waals surface area contributed by atoms with E-state index >= 15 is 0 Å². The van der Waals surface area contributed by atoms with E-state index in [2.05, 4.69) is 13.3 Å². The Hall–Kier alpha value is -0.533. The van der Waals surface area contributed by atoms with Crippen molar-refractivity contribution < 1.29 is 52.8 Å². The van der Waals surface area contributed by atoms with Crippen LogP contribution in [0.1, 0.15) is 12.8 Å². The molecule has 13 heteroatoms. The van der Waals surface area contributed by atoms with Crippen LogP contribution in [0.3, 0.4) is 0 Å². The van der Waals surface area contributed by atoms with Crippen molar-refractivity contribution in [1.29, 1.82) is 0 Å². The van der Waals surface area contributed by atoms with E-state index in [1.807, 2.05) is 0 Å². The molecule has 0 aromatic carbocycles. The van der Waals surface area contributed by atoms with Gasteiger partial charge in [0.05, 0.1) is 0 Å². The van der Waals surface area contributed by atoms with Crippen molar-refractivity contribution in [1.82, 2.24) is 0 Å². The van der Waals surface area contributed by atoms with Gasteiger partial charge < -0.3 is 13.3 Å². The predicted octanol–water partition coefficient (Wildman–Crippen LogP) is 3.65. The molecule has 0 spiro atoms. The van der Waals surface area contributed by atoms with Gasteiger partial charge in [-0.1, -0.05) is 0 Å². The minimum atomic E-state index is -6.18. The highest BCUT2D eigenvalue weighted by atomic mass is 28.4. The zero-order valence-electron chi connectivity index (χ0n) is 11.5. The smallest absolute Gasteiger partial charge is 0.373 e. The second kappa shape index (κ2) is 6.53. The van der Waals surface area contributed by atoms with Crippen LogP contribution in [0, 0.1) is 0 Å². The van der Waals surface area contributed by atoms with E-state index in [0.717, 1.165) is 0 Å². The van der Waals surface area contributed by atoms with E-state index in [4.69, 9.17) is 0 Å². The van der Waals surface area contributed by atoms with E-state index in [-0.39, 0.29) is 0 Å². The molecule has 0 aliphatic carbocycles. The van der Waals surface area contributed by atoms with Crippen LogP contribution in [0.25, 0.3) is 0 Å². The summed E-state index contributed by atoms with van der Waals surface area (Å²) < 4.78 is 129. The summed E-state index contributed by atoms with van der Waals surface area (Å²) in [6.07, 6.45) is -10.1. The highest BCUT2D eigenvalue weighted by molar-refractivity contribution is 6.63. The number of hydrogen-bond acceptors (Lipinski definition) is 3. The summed E-state index contributed by atoms with van der Waals surface area (Å²) in [4.78, 5) is 0. The van der Waals surface area contributed by atoms with Crippen molar-refractivity contribution >= 4 is 8.80 Å². The average molecular weight is 368 g/mol. The zero-order valence-corrected chi connectivity index (χ0v) is 12.5. The highest BCUT2D eigenvalue weighted by Crippen LogP contribution is 2.52. The molecular weight excluding hydrogens is 355 g/mol. The average Bonchev–Trinajstić information content (AvgIpc) is 2.38. The van der Waals surface area contributed by atoms with Crippen molar-refractivity contribution in [2.45, 2.75) is 36.4 Å². The minimum Gasteiger partial charge on any atom is -0.373 e. The van der Waals surface area contributed by atoms with Gasteiger partial charge in [0.2, 0.25) is 0 Å². The van der Waals surface area contributed by atoms with Crippen molar-refractivity contribution in [3.8, 4) is 0 Å². The van der Waals surface area contributed by atoms with Gasteiger partial charge >= 0.3 is 32.4 Å². The lowest BCUT2D eigenvalue weighted by atomic mass is 10.1. The van der Waals surface area contributed by atoms with Gasteiger partial charge in [0.15, 0.2) is 0 Å². The van der Waals surface area contributed by atoms with E-state index in [1.54, 1.807) is 0 Å². The molecule has 0 fully saturated rings. The van der Waals surface area contributed by atoms with Gasteiger partial charge in [-0.25, -0.2) is 0 Å². The summed E-state index contributed by atoms with van der Waals surface area (Å²) in [6.45, 7) is 0. The van der Waals surface area contributed by atoms with Gasteiger partial charge in [0.25, 0.3) is 0 Å². The molecule has 0 saturated heterocycles. The molecule has 0 saturated carbocycles. The molecular formula is C9H13F9O3Si. The maximum absolute atomic E-state index is 13.8. The Morgan fingerprint density at radius 3 is 1.32 bits per heavy atom. The van der Waals surface area contributed by atoms with E-state index in [0.29, 0.717) is 21.3 Å². The van der Waals surface area contributed by atoms with E-state index < -0.39 is 45.2 Å². The topological polar surface area (TPSA) is 27.7 Å². The van der Waals surface area contributed by atoms with Crippen LogP contribution in [0.15, 0.2) is 0 Å². The molecule has 0 unspecified atom stereocenters. The molecule has 0 heterocycles. The maximum atomic E-state index is 13.8. The van der Waals surface area contributed by atoms with Gasteiger partial charge in [0, 0.05) is 34.2 Å². The number of hydrogen-bond donors (Lipinski definition) is 0. The van der Waals surface area contributed by atoms with E-state index in [1.165, 1.54) is 0 Å². The first-order chi connectivity index (χ1) is 9.64. The molecule has 0 N–H and O–H groups in total. The Morgan fingerprint density at radius 2 is 1.05 bits per heavy atom. The van der Waals surface area contributed by atoms with Crippen molar-refractivity contribution in [2.24, 2.45) is 0 Å². The second-order valence-corrected chi connectivity index (χ2v) is 7.10. The van der Waals surface area contributed by atoms with E-state index in [9.17, 15) is 39.5 Å². The lowest BCUT2D eigenvalue weighted by molar-refractivity contribution is -0.303. The Bertz CT molecular complexity index is 360. The highest BCUT2D eigenvalue weighted by Gasteiger charge is 2.83. The van der Waals surface area contributed by atoms with Gasteiger partial charge in [-0.15, -0.1) is 0 Å². The maximum Gasteiger partial charge on any atom is 0.581 e. The lowest BCUT2D eigenvalue weighted by Gasteiger charge is -2.39. The molecule has 0 aromatic rings. The second-order valence-electron chi connectivity index (χ2n) is 4.14. The third kappa shape index (κ3) is 3.68. The predicted molar refractivity (Wildman–Crippen MR) is 56.9 cm³/mol. The third-order valence-corrected chi connectivity index (χ3v) is 5.46. The van der Waals surface area contributed by atoms with Crippen molar-refractivity contribution in [3.05, 3.63) is 0 Å². The number of rotatable bonds is 8. The number of alkyl halides is 9. The summed E-state index contributed by atoms with van der Waals surface area (Å²) in [5.74, 6) is -11.8. The Labute approximate surface area is 120 Å². The van der Waals surface area contributed by atoms with Gasteiger partial charge in [0.1, 0.15) is 0 Å². The Kier molecular flexibility index (Phi) is 6.37. The van der Waals surface area contributed by atoms with Gasteiger partial charge in [-0.3, -0.25) is 0 Å². The van der Waals surface area contributed by atoms with Crippen LogP contribution in [0.4, 0.5) is 39.5 Å². The summed E-state index contributed by atoms with van der Waals surface area (Å²) in [5, 5.41) is 0. The van der Waals surface area contributed by atoms with Crippen LogP contribution >= 0.6 is 0 Å². The Balaban J connectivity index is 5.66. The molecule has 0 atom stereocenters. The SMILES string of the molecule is CO[Si](OC)(OC)C(F)(F)C(F)(F)C(F)(F)CCC(F)(F)F. The Morgan fingerprint density at radius 1 is 0.682 bits per heavy atom. The largest absolute Gasteiger partial charge is 0.581 e. The van der Waals surface area contributed by atoms with Gasteiger partial charge in [-0.05, 0) is 0 Å². The molecule has 0 rings (SSSR count). The first-order valence-electron chi connectivity index (χ1n) is 5.50. The monoisotopic (exact) mass is 368 g/mol. The van der Waals surface area contributed by atoms with Crippen LogP contribution in [0.5, 0.6) is 0 Å². The molecule has 22 heavy (non-hydrogen) atoms. The number of halogens is 9. The van der Waals surface area contributed by atoms with Crippen LogP contribution < -0.4 is 0 Å². The molecule has 0 radical (unpaired) electrons. The fraction of sp³-hybridized carbons (Fsp3) is 1.00. The fourth-order valence-corrected chi connectivity index (χ4v) is 3.35. The summed E-state index contributed by atoms with van der Waals surface area (Å²) in [5.41, 5.74) is -5.66. The third-order valence-electron chi connectivity index (χ3n) is 2.77. The minimum absolute atomic E-state index is 0.469. The van der Waals surface area contributed by atoms with Crippen molar-refractivity contribution in [2.75, 3.05) is 21.3 Å². The molecule has 3 nitrogen and oxygen atoms in total. The standard InChI is InChI=1S/C9H13F9O3Si/c1-19-22(20-2,21-3)9(17,18)8(15,16)6(10,11)4-5-7(12,13)14/h4-5H2,1-3H3. The van der Waals surface area contributed by atoms with Crippen molar-refractivity contribution in [3.63, 3.8) is 0 Å². The van der Waals surface area contributed by atoms with Crippen LogP contribution in [-0.4, -0.2) is 53.7 Å². The quantitative estimate of drug-likeness (QED) is 0.484. The van der Waals surface area contributed by atoms with Crippen LogP contribution in [0.2, 0.25) is 0 Å². The van der Waals surface area contributed by atoms with Crippen LogP contribution in [-0.2, 0) is 13.3 Å². The molecule has 0 amide bonds. The molecule has 0 aromatic heterocycles. The summed E-state index contributed by atoms with van der Waals surface area (Å²) in [7, 11) is -4.20. The van der Waals surface area contributed by atoms with Gasteiger partial charge in [-0.2, -0.15) is 39.5 Å². The molecule has 0 aliphatic rings. The molecule has 134 valence electrons. The first kappa shape index (κ1) is 21.5. The summed E-state index contributed by atoms with van der Waals surface area (Å²) in [6, 6.07) is 0. The zero-order chi connectivity index (χ0) is 18.0. The normalized spacial score (nSPS) is 15.3. The summed E-state index contributed by atoms with van der Waals surface area (Å²) >= 11 is 0.